The van der Waals surface area contributed by atoms with Gasteiger partial charge in [0.05, 0.1) is 6.61 Å². The Hall–Kier alpha value is -1.00. The standard InChI is InChI=1S/C10H15N3O/c1-2-10(7-14-3-1)13-6-9-4-11-8-12-5-9/h4-5,8,10,13H,1-3,6-7H2/t10-/m1/s1. The van der Waals surface area contributed by atoms with Crippen LogP contribution < -0.4 is 5.32 Å². The fourth-order valence-electron chi connectivity index (χ4n) is 1.59. The molecule has 1 aromatic heterocycles. The lowest BCUT2D eigenvalue weighted by Crippen LogP contribution is -2.36. The predicted molar refractivity (Wildman–Crippen MR) is 52.7 cm³/mol. The molecule has 0 saturated carbocycles. The first-order valence-corrected chi connectivity index (χ1v) is 5.00. The summed E-state index contributed by atoms with van der Waals surface area (Å²) in [7, 11) is 0. The van der Waals surface area contributed by atoms with Gasteiger partial charge < -0.3 is 10.1 Å². The largest absolute Gasteiger partial charge is 0.380 e. The van der Waals surface area contributed by atoms with Crippen molar-refractivity contribution in [3.8, 4) is 0 Å². The van der Waals surface area contributed by atoms with Crippen molar-refractivity contribution < 1.29 is 4.74 Å². The van der Waals surface area contributed by atoms with Crippen molar-refractivity contribution in [2.24, 2.45) is 0 Å². The molecule has 14 heavy (non-hydrogen) atoms. The van der Waals surface area contributed by atoms with E-state index >= 15 is 0 Å². The molecule has 4 nitrogen and oxygen atoms in total. The molecule has 1 fully saturated rings. The maximum Gasteiger partial charge on any atom is 0.115 e. The SMILES string of the molecule is c1ncc(CN[C@@H]2CCCOC2)cn1. The molecule has 76 valence electrons. The molecule has 0 radical (unpaired) electrons. The van der Waals surface area contributed by atoms with Crippen molar-refractivity contribution in [2.75, 3.05) is 13.2 Å². The van der Waals surface area contributed by atoms with E-state index in [2.05, 4.69) is 15.3 Å². The minimum Gasteiger partial charge on any atom is -0.380 e. The number of nitrogens with one attached hydrogen (secondary N) is 1. The van der Waals surface area contributed by atoms with E-state index in [9.17, 15) is 0 Å². The van der Waals surface area contributed by atoms with Crippen molar-refractivity contribution in [3.63, 3.8) is 0 Å². The number of aromatic nitrogens is 2. The maximum absolute atomic E-state index is 5.38. The van der Waals surface area contributed by atoms with Crippen LogP contribution in [0.15, 0.2) is 18.7 Å². The Bertz CT molecular complexity index is 259. The van der Waals surface area contributed by atoms with Gasteiger partial charge in [-0.3, -0.25) is 0 Å². The molecule has 0 amide bonds. The Morgan fingerprint density at radius 1 is 1.43 bits per heavy atom. The number of rotatable bonds is 3. The van der Waals surface area contributed by atoms with Crippen molar-refractivity contribution in [2.45, 2.75) is 25.4 Å². The third-order valence-electron chi connectivity index (χ3n) is 2.37. The average Bonchev–Trinajstić information content (AvgIpc) is 2.29. The number of nitrogens with zero attached hydrogens (tertiary/aromatic N) is 2. The van der Waals surface area contributed by atoms with E-state index in [1.54, 1.807) is 6.33 Å². The van der Waals surface area contributed by atoms with Crippen molar-refractivity contribution in [1.82, 2.24) is 15.3 Å². The maximum atomic E-state index is 5.38. The van der Waals surface area contributed by atoms with Gasteiger partial charge in [0, 0.05) is 37.2 Å². The summed E-state index contributed by atoms with van der Waals surface area (Å²) in [5.74, 6) is 0. The van der Waals surface area contributed by atoms with Gasteiger partial charge in [-0.25, -0.2) is 9.97 Å². The molecule has 1 N–H and O–H groups in total. The second-order valence-corrected chi connectivity index (χ2v) is 3.54. The smallest absolute Gasteiger partial charge is 0.115 e. The second-order valence-electron chi connectivity index (χ2n) is 3.54. The molecule has 1 aromatic rings. The molecule has 0 aliphatic carbocycles. The lowest BCUT2D eigenvalue weighted by atomic mass is 10.1. The van der Waals surface area contributed by atoms with Gasteiger partial charge in [-0.1, -0.05) is 0 Å². The van der Waals surface area contributed by atoms with Gasteiger partial charge in [0.15, 0.2) is 0 Å². The normalized spacial score (nSPS) is 22.1. The Morgan fingerprint density at radius 3 is 3.00 bits per heavy atom. The van der Waals surface area contributed by atoms with E-state index in [4.69, 9.17) is 4.74 Å². The molecule has 0 unspecified atom stereocenters. The molecule has 1 saturated heterocycles. The summed E-state index contributed by atoms with van der Waals surface area (Å²) >= 11 is 0. The topological polar surface area (TPSA) is 47.0 Å². The van der Waals surface area contributed by atoms with Crippen molar-refractivity contribution in [1.29, 1.82) is 0 Å². The molecule has 1 aliphatic rings. The van der Waals surface area contributed by atoms with Crippen molar-refractivity contribution in [3.05, 3.63) is 24.3 Å². The molecule has 4 heteroatoms. The molecular weight excluding hydrogens is 178 g/mol. The summed E-state index contributed by atoms with van der Waals surface area (Å²) in [6.07, 6.45) is 7.58. The van der Waals surface area contributed by atoms with Crippen LogP contribution in [0.5, 0.6) is 0 Å². The summed E-state index contributed by atoms with van der Waals surface area (Å²) in [5, 5.41) is 3.43. The summed E-state index contributed by atoms with van der Waals surface area (Å²) in [5.41, 5.74) is 1.12. The second kappa shape index (κ2) is 5.02. The Balaban J connectivity index is 1.76. The van der Waals surface area contributed by atoms with Crippen LogP contribution in [-0.2, 0) is 11.3 Å². The minimum atomic E-state index is 0.490. The van der Waals surface area contributed by atoms with Crippen LogP contribution in [0, 0.1) is 0 Å². The third-order valence-corrected chi connectivity index (χ3v) is 2.37. The van der Waals surface area contributed by atoms with Gasteiger partial charge in [-0.05, 0) is 12.8 Å². The van der Waals surface area contributed by atoms with E-state index < -0.39 is 0 Å². The van der Waals surface area contributed by atoms with Gasteiger partial charge >= 0.3 is 0 Å². The van der Waals surface area contributed by atoms with Crippen LogP contribution in [0.25, 0.3) is 0 Å². The molecule has 2 heterocycles. The number of ether oxygens (including phenoxy) is 1. The van der Waals surface area contributed by atoms with Gasteiger partial charge in [-0.15, -0.1) is 0 Å². The van der Waals surface area contributed by atoms with Gasteiger partial charge in [0.25, 0.3) is 0 Å². The Kier molecular flexibility index (Phi) is 3.43. The lowest BCUT2D eigenvalue weighted by Gasteiger charge is -2.23. The zero-order chi connectivity index (χ0) is 9.64. The minimum absolute atomic E-state index is 0.490. The summed E-state index contributed by atoms with van der Waals surface area (Å²) in [6.45, 7) is 2.56. The number of hydrogen-bond donors (Lipinski definition) is 1. The van der Waals surface area contributed by atoms with Crippen LogP contribution in [-0.4, -0.2) is 29.2 Å². The average molecular weight is 193 g/mol. The highest BCUT2D eigenvalue weighted by Crippen LogP contribution is 2.06. The van der Waals surface area contributed by atoms with E-state index in [-0.39, 0.29) is 0 Å². The molecule has 0 bridgehead atoms. The molecule has 1 atom stereocenters. The fourth-order valence-corrected chi connectivity index (χ4v) is 1.59. The molecule has 0 spiro atoms. The monoisotopic (exact) mass is 193 g/mol. The van der Waals surface area contributed by atoms with E-state index in [1.165, 1.54) is 6.42 Å². The quantitative estimate of drug-likeness (QED) is 0.769. The van der Waals surface area contributed by atoms with E-state index in [1.807, 2.05) is 12.4 Å². The zero-order valence-electron chi connectivity index (χ0n) is 8.15. The van der Waals surface area contributed by atoms with Crippen molar-refractivity contribution >= 4 is 0 Å². The van der Waals surface area contributed by atoms with E-state index in [0.717, 1.165) is 31.7 Å². The molecule has 2 rings (SSSR count). The summed E-state index contributed by atoms with van der Waals surface area (Å²) in [4.78, 5) is 7.93. The first kappa shape index (κ1) is 9.55. The lowest BCUT2D eigenvalue weighted by molar-refractivity contribution is 0.0699. The van der Waals surface area contributed by atoms with Gasteiger partial charge in [0.2, 0.25) is 0 Å². The summed E-state index contributed by atoms with van der Waals surface area (Å²) in [6, 6.07) is 0.490. The first-order chi connectivity index (χ1) is 6.95. The first-order valence-electron chi connectivity index (χ1n) is 5.00. The molecule has 1 aliphatic heterocycles. The van der Waals surface area contributed by atoms with Gasteiger partial charge in [-0.2, -0.15) is 0 Å². The highest BCUT2D eigenvalue weighted by Gasteiger charge is 2.12. The van der Waals surface area contributed by atoms with Crippen LogP contribution in [0.1, 0.15) is 18.4 Å². The Labute approximate surface area is 83.7 Å². The zero-order valence-corrected chi connectivity index (χ0v) is 8.15. The number of hydrogen-bond acceptors (Lipinski definition) is 4. The van der Waals surface area contributed by atoms with Crippen LogP contribution in [0.4, 0.5) is 0 Å². The highest BCUT2D eigenvalue weighted by molar-refractivity contribution is 5.01. The van der Waals surface area contributed by atoms with Crippen LogP contribution in [0.3, 0.4) is 0 Å². The van der Waals surface area contributed by atoms with E-state index in [0.29, 0.717) is 6.04 Å². The summed E-state index contributed by atoms with van der Waals surface area (Å²) < 4.78 is 5.38. The van der Waals surface area contributed by atoms with Crippen LogP contribution >= 0.6 is 0 Å². The fraction of sp³-hybridized carbons (Fsp3) is 0.600. The molecule has 0 aromatic carbocycles. The highest BCUT2D eigenvalue weighted by atomic mass is 16.5. The van der Waals surface area contributed by atoms with Gasteiger partial charge in [0.1, 0.15) is 6.33 Å². The third kappa shape index (κ3) is 2.75. The predicted octanol–water partition coefficient (Wildman–Crippen LogP) is 0.745. The van der Waals surface area contributed by atoms with Crippen LogP contribution in [0.2, 0.25) is 0 Å². The molecular formula is C10H15N3O. The Morgan fingerprint density at radius 2 is 2.29 bits per heavy atom.